The van der Waals surface area contributed by atoms with Crippen LogP contribution in [0.4, 0.5) is 0 Å². The van der Waals surface area contributed by atoms with Crippen molar-refractivity contribution in [3.63, 3.8) is 0 Å². The maximum absolute atomic E-state index is 12.7. The average Bonchev–Trinajstić information content (AvgIpc) is 3.30. The van der Waals surface area contributed by atoms with Gasteiger partial charge in [0.1, 0.15) is 6.33 Å². The lowest BCUT2D eigenvalue weighted by Crippen LogP contribution is -2.38. The number of rotatable bonds is 4. The van der Waals surface area contributed by atoms with E-state index in [1.807, 2.05) is 23.0 Å². The summed E-state index contributed by atoms with van der Waals surface area (Å²) in [5, 5.41) is 7.77. The standard InChI is InChI=1S/C23H26N6O/c30-23(17-11-16-3-1-2-4-21(16)25-12-17)28-19-5-7-20(8-6-19)29-14-18(13-27-29)22-9-10-24-15-26-22/h9-15,19-20H,1-8H2,(H,28,30). The van der Waals surface area contributed by atoms with Gasteiger partial charge in [-0.2, -0.15) is 5.10 Å². The number of aromatic nitrogens is 5. The van der Waals surface area contributed by atoms with E-state index in [0.717, 1.165) is 49.8 Å². The molecule has 0 saturated heterocycles. The highest BCUT2D eigenvalue weighted by Gasteiger charge is 2.25. The summed E-state index contributed by atoms with van der Waals surface area (Å²) in [4.78, 5) is 25.5. The van der Waals surface area contributed by atoms with Crippen LogP contribution in [0.2, 0.25) is 0 Å². The summed E-state index contributed by atoms with van der Waals surface area (Å²) in [6.07, 6.45) is 17.3. The van der Waals surface area contributed by atoms with Gasteiger partial charge in [-0.1, -0.05) is 0 Å². The molecule has 0 aliphatic heterocycles. The van der Waals surface area contributed by atoms with Crippen molar-refractivity contribution >= 4 is 5.91 Å². The summed E-state index contributed by atoms with van der Waals surface area (Å²) in [6.45, 7) is 0. The predicted molar refractivity (Wildman–Crippen MR) is 113 cm³/mol. The maximum atomic E-state index is 12.7. The minimum atomic E-state index is 0.00413. The Kier molecular flexibility index (Phi) is 5.26. The van der Waals surface area contributed by atoms with Crippen LogP contribution in [-0.4, -0.2) is 36.7 Å². The van der Waals surface area contributed by atoms with Gasteiger partial charge in [0.15, 0.2) is 0 Å². The van der Waals surface area contributed by atoms with Gasteiger partial charge < -0.3 is 5.32 Å². The monoisotopic (exact) mass is 402 g/mol. The lowest BCUT2D eigenvalue weighted by molar-refractivity contribution is 0.0921. The summed E-state index contributed by atoms with van der Waals surface area (Å²) >= 11 is 0. The molecule has 2 aliphatic rings. The lowest BCUT2D eigenvalue weighted by Gasteiger charge is -2.29. The molecule has 5 rings (SSSR count). The Balaban J connectivity index is 1.17. The molecule has 0 unspecified atom stereocenters. The van der Waals surface area contributed by atoms with Gasteiger partial charge in [-0.25, -0.2) is 9.97 Å². The summed E-state index contributed by atoms with van der Waals surface area (Å²) < 4.78 is 2.04. The molecule has 1 saturated carbocycles. The zero-order valence-electron chi connectivity index (χ0n) is 17.0. The second-order valence-electron chi connectivity index (χ2n) is 8.32. The fourth-order valence-corrected chi connectivity index (χ4v) is 4.60. The first kappa shape index (κ1) is 18.9. The number of nitrogens with one attached hydrogen (secondary N) is 1. The third kappa shape index (κ3) is 3.97. The smallest absolute Gasteiger partial charge is 0.253 e. The van der Waals surface area contributed by atoms with Gasteiger partial charge >= 0.3 is 0 Å². The molecule has 7 heteroatoms. The molecular formula is C23H26N6O. The van der Waals surface area contributed by atoms with E-state index in [2.05, 4.69) is 31.6 Å². The first-order chi connectivity index (χ1) is 14.8. The van der Waals surface area contributed by atoms with E-state index in [9.17, 15) is 4.79 Å². The number of pyridine rings is 1. The van der Waals surface area contributed by atoms with Crippen LogP contribution in [0.1, 0.15) is 66.2 Å². The van der Waals surface area contributed by atoms with Crippen molar-refractivity contribution in [1.29, 1.82) is 0 Å². The third-order valence-corrected chi connectivity index (χ3v) is 6.32. The minimum Gasteiger partial charge on any atom is -0.349 e. The number of carbonyl (C=O) groups is 1. The number of fused-ring (bicyclic) bond motifs is 1. The molecule has 2 aliphatic carbocycles. The highest BCUT2D eigenvalue weighted by molar-refractivity contribution is 5.94. The van der Waals surface area contributed by atoms with E-state index in [1.165, 1.54) is 24.1 Å². The van der Waals surface area contributed by atoms with Crippen LogP contribution < -0.4 is 5.32 Å². The summed E-state index contributed by atoms with van der Waals surface area (Å²) in [7, 11) is 0. The van der Waals surface area contributed by atoms with E-state index in [-0.39, 0.29) is 11.9 Å². The molecule has 3 aromatic rings. The zero-order valence-corrected chi connectivity index (χ0v) is 17.0. The third-order valence-electron chi connectivity index (χ3n) is 6.32. The van der Waals surface area contributed by atoms with Gasteiger partial charge in [0.25, 0.3) is 5.91 Å². The van der Waals surface area contributed by atoms with Gasteiger partial charge in [0.2, 0.25) is 0 Å². The Morgan fingerprint density at radius 2 is 1.93 bits per heavy atom. The van der Waals surface area contributed by atoms with E-state index in [1.54, 1.807) is 18.7 Å². The molecule has 0 aromatic carbocycles. The van der Waals surface area contributed by atoms with Crippen molar-refractivity contribution in [3.8, 4) is 11.3 Å². The molecular weight excluding hydrogens is 376 g/mol. The number of hydrogen-bond acceptors (Lipinski definition) is 5. The first-order valence-electron chi connectivity index (χ1n) is 10.9. The van der Waals surface area contributed by atoms with Gasteiger partial charge in [0.05, 0.1) is 23.5 Å². The molecule has 3 heterocycles. The van der Waals surface area contributed by atoms with Gasteiger partial charge in [0, 0.05) is 35.9 Å². The van der Waals surface area contributed by atoms with E-state index in [4.69, 9.17) is 0 Å². The molecule has 154 valence electrons. The average molecular weight is 403 g/mol. The van der Waals surface area contributed by atoms with E-state index in [0.29, 0.717) is 11.6 Å². The molecule has 3 aromatic heterocycles. The maximum Gasteiger partial charge on any atom is 0.253 e. The molecule has 1 fully saturated rings. The van der Waals surface area contributed by atoms with Crippen molar-refractivity contribution in [2.75, 3.05) is 0 Å². The van der Waals surface area contributed by atoms with Crippen molar-refractivity contribution in [2.45, 2.75) is 63.5 Å². The Morgan fingerprint density at radius 1 is 1.07 bits per heavy atom. The second-order valence-corrected chi connectivity index (χ2v) is 8.32. The van der Waals surface area contributed by atoms with Gasteiger partial charge in [-0.15, -0.1) is 0 Å². The van der Waals surface area contributed by atoms with Crippen LogP contribution in [0, 0.1) is 0 Å². The Hall–Kier alpha value is -3.09. The SMILES string of the molecule is O=C(NC1CCC(n2cc(-c3ccncn3)cn2)CC1)c1cnc2c(c1)CCCC2. The van der Waals surface area contributed by atoms with Crippen LogP contribution in [-0.2, 0) is 12.8 Å². The second kappa shape index (κ2) is 8.34. The van der Waals surface area contributed by atoms with Crippen molar-refractivity contribution in [2.24, 2.45) is 0 Å². The van der Waals surface area contributed by atoms with Crippen LogP contribution in [0.5, 0.6) is 0 Å². The zero-order chi connectivity index (χ0) is 20.3. The molecule has 7 nitrogen and oxygen atoms in total. The molecule has 0 spiro atoms. The van der Waals surface area contributed by atoms with Crippen molar-refractivity contribution < 1.29 is 4.79 Å². The van der Waals surface area contributed by atoms with Crippen LogP contribution in [0.25, 0.3) is 11.3 Å². The van der Waals surface area contributed by atoms with Crippen LogP contribution in [0.15, 0.2) is 43.2 Å². The molecule has 0 atom stereocenters. The minimum absolute atomic E-state index is 0.00413. The fourth-order valence-electron chi connectivity index (χ4n) is 4.60. The van der Waals surface area contributed by atoms with Crippen LogP contribution >= 0.6 is 0 Å². The van der Waals surface area contributed by atoms with E-state index >= 15 is 0 Å². The van der Waals surface area contributed by atoms with Gasteiger partial charge in [-0.05, 0) is 69.1 Å². The Labute approximate surface area is 176 Å². The van der Waals surface area contributed by atoms with E-state index < -0.39 is 0 Å². The number of aryl methyl sites for hydroxylation is 2. The Morgan fingerprint density at radius 3 is 2.77 bits per heavy atom. The summed E-state index contributed by atoms with van der Waals surface area (Å²) in [5.41, 5.74) is 5.00. The van der Waals surface area contributed by atoms with Crippen molar-refractivity contribution in [3.05, 3.63) is 60.1 Å². The number of amides is 1. The van der Waals surface area contributed by atoms with Gasteiger partial charge in [-0.3, -0.25) is 14.5 Å². The normalized spacial score (nSPS) is 21.1. The fraction of sp³-hybridized carbons (Fsp3) is 0.435. The topological polar surface area (TPSA) is 85.6 Å². The molecule has 0 radical (unpaired) electrons. The largest absolute Gasteiger partial charge is 0.349 e. The number of nitrogens with zero attached hydrogens (tertiary/aromatic N) is 5. The quantitative estimate of drug-likeness (QED) is 0.722. The molecule has 1 N–H and O–H groups in total. The Bertz CT molecular complexity index is 1020. The lowest BCUT2D eigenvalue weighted by atomic mass is 9.91. The molecule has 30 heavy (non-hydrogen) atoms. The number of carbonyl (C=O) groups excluding carboxylic acids is 1. The molecule has 0 bridgehead atoms. The number of hydrogen-bond donors (Lipinski definition) is 1. The highest BCUT2D eigenvalue weighted by Crippen LogP contribution is 2.29. The highest BCUT2D eigenvalue weighted by atomic mass is 16.1. The molecule has 1 amide bonds. The van der Waals surface area contributed by atoms with Crippen molar-refractivity contribution in [1.82, 2.24) is 30.0 Å². The van der Waals surface area contributed by atoms with Crippen LogP contribution in [0.3, 0.4) is 0 Å². The first-order valence-corrected chi connectivity index (χ1v) is 10.9. The summed E-state index contributed by atoms with van der Waals surface area (Å²) in [6, 6.07) is 4.50. The summed E-state index contributed by atoms with van der Waals surface area (Å²) in [5.74, 6) is 0.00413. The predicted octanol–water partition coefficient (Wildman–Crippen LogP) is 3.53.